The first-order valence-electron chi connectivity index (χ1n) is 17.8. The molecule has 0 saturated carbocycles. The van der Waals surface area contributed by atoms with Crippen molar-refractivity contribution in [3.8, 4) is 12.1 Å². The summed E-state index contributed by atoms with van der Waals surface area (Å²) in [5.74, 6) is 0.507. The minimum Gasteiger partial charge on any atom is -0.512 e. The molecule has 5 atom stereocenters. The number of nitrogens with zero attached hydrogens (tertiary/aromatic N) is 3. The SMILES string of the molecule is C.CC(Cc1ccccc1)CC(C#N)c1ccccc1.CC(Cc1ccccc1)NC(C#N)c1ccccc1.CC(N)Cc1ccccc1.O=S(=O)(O)O.[C-]#N.[Na+]. The molecule has 0 spiro atoms. The van der Waals surface area contributed by atoms with E-state index in [1.807, 2.05) is 110 Å². The molecule has 0 fully saturated rings. The third-order valence-electron chi connectivity index (χ3n) is 7.92. The number of nitriles is 2. The summed E-state index contributed by atoms with van der Waals surface area (Å²) in [7, 11) is -4.67. The Morgan fingerprint density at radius 1 is 0.614 bits per heavy atom. The van der Waals surface area contributed by atoms with Gasteiger partial charge in [0.15, 0.2) is 0 Å². The first kappa shape index (κ1) is 54.5. The molecular formula is C46H56N5NaO4S. The number of benzene rings is 5. The quantitative estimate of drug-likeness (QED) is 0.0607. The number of rotatable bonds is 12. The van der Waals surface area contributed by atoms with Crippen LogP contribution >= 0.6 is 0 Å². The second kappa shape index (κ2) is 32.4. The molecule has 0 heterocycles. The van der Waals surface area contributed by atoms with E-state index in [0.29, 0.717) is 5.92 Å². The van der Waals surface area contributed by atoms with Crippen LogP contribution in [0.5, 0.6) is 0 Å². The van der Waals surface area contributed by atoms with Crippen molar-refractivity contribution in [2.45, 2.75) is 77.9 Å². The molecule has 5 rings (SSSR count). The zero-order chi connectivity index (χ0) is 40.9. The number of nitrogens with two attached hydrogens (primary N) is 1. The fourth-order valence-corrected chi connectivity index (χ4v) is 5.60. The molecule has 9 nitrogen and oxygen atoms in total. The molecule has 296 valence electrons. The van der Waals surface area contributed by atoms with Crippen LogP contribution in [0.3, 0.4) is 0 Å². The van der Waals surface area contributed by atoms with Gasteiger partial charge in [-0.1, -0.05) is 166 Å². The predicted molar refractivity (Wildman–Crippen MR) is 226 cm³/mol. The van der Waals surface area contributed by atoms with Crippen molar-refractivity contribution >= 4 is 10.4 Å². The average Bonchev–Trinajstić information content (AvgIpc) is 3.18. The Balaban J connectivity index is 0. The number of hydrogen-bond acceptors (Lipinski definition) is 7. The molecule has 0 saturated heterocycles. The number of hydrogen-bond donors (Lipinski definition) is 4. The minimum absolute atomic E-state index is 0. The first-order chi connectivity index (χ1) is 26.4. The first-order valence-corrected chi connectivity index (χ1v) is 19.2. The fourth-order valence-electron chi connectivity index (χ4n) is 5.60. The summed E-state index contributed by atoms with van der Waals surface area (Å²) in [6.45, 7) is 11.1. The molecule has 0 radical (unpaired) electrons. The maximum absolute atomic E-state index is 9.34. The van der Waals surface area contributed by atoms with Gasteiger partial charge in [-0.3, -0.25) is 14.4 Å². The normalized spacial score (nSPS) is 12.3. The van der Waals surface area contributed by atoms with Crippen molar-refractivity contribution in [1.82, 2.24) is 5.32 Å². The Hall–Kier alpha value is -4.64. The summed E-state index contributed by atoms with van der Waals surface area (Å²) < 4.78 is 31.6. The smallest absolute Gasteiger partial charge is 0.512 e. The summed E-state index contributed by atoms with van der Waals surface area (Å²) in [4.78, 5) is 0. The van der Waals surface area contributed by atoms with Crippen molar-refractivity contribution in [2.75, 3.05) is 0 Å². The minimum atomic E-state index is -4.67. The van der Waals surface area contributed by atoms with Gasteiger partial charge in [-0.2, -0.15) is 18.9 Å². The van der Waals surface area contributed by atoms with E-state index < -0.39 is 10.4 Å². The van der Waals surface area contributed by atoms with E-state index in [2.05, 4.69) is 79.8 Å². The zero-order valence-electron chi connectivity index (χ0n) is 32.7. The van der Waals surface area contributed by atoms with Crippen LogP contribution in [0.15, 0.2) is 152 Å². The maximum Gasteiger partial charge on any atom is 1.00 e. The van der Waals surface area contributed by atoms with Crippen LogP contribution in [0.1, 0.15) is 74.4 Å². The largest absolute Gasteiger partial charge is 1.00 e. The Bertz CT molecular complexity index is 1810. The predicted octanol–water partition coefficient (Wildman–Crippen LogP) is 6.69. The van der Waals surface area contributed by atoms with E-state index >= 15 is 0 Å². The van der Waals surface area contributed by atoms with E-state index in [9.17, 15) is 10.5 Å². The van der Waals surface area contributed by atoms with Crippen LogP contribution in [0.2, 0.25) is 0 Å². The zero-order valence-corrected chi connectivity index (χ0v) is 35.5. The molecule has 0 bridgehead atoms. The van der Waals surface area contributed by atoms with Crippen molar-refractivity contribution < 1.29 is 47.1 Å². The monoisotopic (exact) mass is 797 g/mol. The number of nitrogens with one attached hydrogen (secondary N) is 1. The molecule has 5 aromatic carbocycles. The van der Waals surface area contributed by atoms with Gasteiger partial charge in [-0.25, -0.2) is 0 Å². The van der Waals surface area contributed by atoms with E-state index in [0.717, 1.165) is 36.8 Å². The maximum atomic E-state index is 9.34. The van der Waals surface area contributed by atoms with Crippen molar-refractivity contribution in [3.05, 3.63) is 186 Å². The molecule has 5 unspecified atom stereocenters. The molecule has 5 N–H and O–H groups in total. The van der Waals surface area contributed by atoms with E-state index in [1.165, 1.54) is 16.7 Å². The van der Waals surface area contributed by atoms with Crippen LogP contribution in [-0.2, 0) is 29.7 Å². The molecule has 0 aliphatic heterocycles. The van der Waals surface area contributed by atoms with Crippen molar-refractivity contribution in [3.63, 3.8) is 0 Å². The van der Waals surface area contributed by atoms with Gasteiger partial charge in [-0.05, 0) is 73.3 Å². The Morgan fingerprint density at radius 3 is 1.30 bits per heavy atom. The fraction of sp³-hybridized carbons (Fsp3) is 0.283. The van der Waals surface area contributed by atoms with Gasteiger partial charge in [-0.15, -0.1) is 0 Å². The van der Waals surface area contributed by atoms with Crippen LogP contribution in [0.4, 0.5) is 0 Å². The molecular weight excluding hydrogens is 742 g/mol. The van der Waals surface area contributed by atoms with Crippen LogP contribution < -0.4 is 40.6 Å². The van der Waals surface area contributed by atoms with Crippen molar-refractivity contribution in [1.29, 1.82) is 15.8 Å². The second-order valence-corrected chi connectivity index (χ2v) is 13.9. The second-order valence-electron chi connectivity index (χ2n) is 13.0. The molecule has 11 heteroatoms. The third kappa shape index (κ3) is 27.6. The van der Waals surface area contributed by atoms with Crippen LogP contribution in [0, 0.1) is 40.4 Å². The summed E-state index contributed by atoms with van der Waals surface area (Å²) in [6, 6.07) is 56.1. The Morgan fingerprint density at radius 2 is 0.947 bits per heavy atom. The van der Waals surface area contributed by atoms with Crippen molar-refractivity contribution in [2.24, 2.45) is 11.7 Å². The van der Waals surface area contributed by atoms with Gasteiger partial charge in [0.25, 0.3) is 0 Å². The van der Waals surface area contributed by atoms with Crippen LogP contribution in [-0.4, -0.2) is 29.6 Å². The summed E-state index contributed by atoms with van der Waals surface area (Å²) in [5.41, 5.74) is 11.7. The van der Waals surface area contributed by atoms with Crippen LogP contribution in [0.25, 0.3) is 0 Å². The van der Waals surface area contributed by atoms with E-state index in [1.54, 1.807) is 0 Å². The molecule has 0 amide bonds. The molecule has 0 aromatic heterocycles. The van der Waals surface area contributed by atoms with Gasteiger partial charge < -0.3 is 17.6 Å². The topological polar surface area (TPSA) is 184 Å². The van der Waals surface area contributed by atoms with E-state index in [-0.39, 0.29) is 61.0 Å². The van der Waals surface area contributed by atoms with Gasteiger partial charge in [0.2, 0.25) is 0 Å². The molecule has 57 heavy (non-hydrogen) atoms. The average molecular weight is 798 g/mol. The molecule has 5 aromatic rings. The summed E-state index contributed by atoms with van der Waals surface area (Å²) in [5, 5.41) is 28.2. The van der Waals surface area contributed by atoms with Gasteiger partial charge in [0.05, 0.1) is 18.1 Å². The Labute approximate surface area is 364 Å². The summed E-state index contributed by atoms with van der Waals surface area (Å²) in [6.07, 6.45) is 3.84. The van der Waals surface area contributed by atoms with E-state index in [4.69, 9.17) is 35.1 Å². The third-order valence-corrected chi connectivity index (χ3v) is 7.92. The molecule has 0 aliphatic carbocycles. The summed E-state index contributed by atoms with van der Waals surface area (Å²) >= 11 is 0. The molecule has 0 aliphatic rings. The standard InChI is InChI=1S/C18H19N.C17H18N2.C9H13N.CN.CH4.Na.H2O4S/c1-15(12-16-8-4-2-5-9-16)13-18(14-19)17-10-6-3-7-11-17;1-14(12-15-8-4-2-5-9-15)19-17(13-18)16-10-6-3-7-11-16;1-8(10)7-9-5-3-2-4-6-9;1-2;;;1-5(2,3)4/h2-11,15,18H,12-13H2,1H3;2-11,14,17,19H,12H2,1H3;2-6,8H,7,10H2,1H3;;1H4;;(H2,1,2,3,4)/q;;;-1;;+1;. The Kier molecular flexibility index (Phi) is 31.0. The van der Waals surface area contributed by atoms with Gasteiger partial charge in [0.1, 0.15) is 6.04 Å². The van der Waals surface area contributed by atoms with Gasteiger partial charge >= 0.3 is 40.0 Å². The van der Waals surface area contributed by atoms with Gasteiger partial charge in [0, 0.05) is 12.1 Å².